The number of aryl methyl sites for hydroxylation is 1. The second-order valence-corrected chi connectivity index (χ2v) is 5.56. The van der Waals surface area contributed by atoms with E-state index in [0.29, 0.717) is 6.04 Å². The molecule has 0 bridgehead atoms. The van der Waals surface area contributed by atoms with Gasteiger partial charge in [0.2, 0.25) is 0 Å². The fourth-order valence-corrected chi connectivity index (χ4v) is 2.62. The molecule has 0 fully saturated rings. The molecule has 0 aromatic carbocycles. The summed E-state index contributed by atoms with van der Waals surface area (Å²) in [7, 11) is 4.07. The van der Waals surface area contributed by atoms with Crippen molar-refractivity contribution < 1.29 is 0 Å². The van der Waals surface area contributed by atoms with Crippen LogP contribution in [0.4, 0.5) is 0 Å². The average Bonchev–Trinajstić information content (AvgIpc) is 2.74. The molecule has 1 atom stereocenters. The van der Waals surface area contributed by atoms with E-state index in [0.717, 1.165) is 0 Å². The largest absolute Gasteiger partial charge is 0.313 e. The summed E-state index contributed by atoms with van der Waals surface area (Å²) >= 11 is 0. The van der Waals surface area contributed by atoms with Gasteiger partial charge in [0.15, 0.2) is 0 Å². The van der Waals surface area contributed by atoms with Gasteiger partial charge in [0.1, 0.15) is 0 Å². The van der Waals surface area contributed by atoms with E-state index in [1.165, 1.54) is 62.6 Å². The van der Waals surface area contributed by atoms with Crippen molar-refractivity contribution in [2.45, 2.75) is 71.3 Å². The molecule has 1 aromatic rings. The topological polar surface area (TPSA) is 29.9 Å². The van der Waals surface area contributed by atoms with Gasteiger partial charge in [0.05, 0.1) is 6.20 Å². The van der Waals surface area contributed by atoms with E-state index in [2.05, 4.69) is 31.3 Å². The zero-order valence-corrected chi connectivity index (χ0v) is 13.2. The highest BCUT2D eigenvalue weighted by Crippen LogP contribution is 2.22. The van der Waals surface area contributed by atoms with Crippen molar-refractivity contribution in [2.75, 3.05) is 7.05 Å². The Labute approximate surface area is 118 Å². The van der Waals surface area contributed by atoms with E-state index >= 15 is 0 Å². The number of rotatable bonds is 10. The summed E-state index contributed by atoms with van der Waals surface area (Å²) in [5, 5.41) is 7.77. The molecule has 1 N–H and O–H groups in total. The molecule has 1 unspecified atom stereocenters. The third-order valence-electron chi connectivity index (χ3n) is 4.09. The van der Waals surface area contributed by atoms with Crippen LogP contribution in [0.3, 0.4) is 0 Å². The standard InChI is InChI=1S/C16H31N3/c1-5-6-7-8-9-10-11-12-16(17-3)15-13-18-19(4)14(15)2/h13,16-17H,5-12H2,1-4H3. The van der Waals surface area contributed by atoms with Gasteiger partial charge in [0, 0.05) is 24.3 Å². The predicted octanol–water partition coefficient (Wildman–Crippen LogP) is 4.13. The first-order chi connectivity index (χ1) is 9.20. The molecule has 0 aliphatic carbocycles. The molecule has 0 radical (unpaired) electrons. The Morgan fingerprint density at radius 2 is 1.79 bits per heavy atom. The highest BCUT2D eigenvalue weighted by Gasteiger charge is 2.14. The molecule has 0 saturated heterocycles. The molecular formula is C16H31N3. The molecule has 110 valence electrons. The van der Waals surface area contributed by atoms with E-state index in [1.807, 2.05) is 17.9 Å². The number of nitrogens with one attached hydrogen (secondary N) is 1. The molecule has 19 heavy (non-hydrogen) atoms. The first-order valence-corrected chi connectivity index (χ1v) is 7.86. The van der Waals surface area contributed by atoms with E-state index in [-0.39, 0.29) is 0 Å². The maximum absolute atomic E-state index is 4.34. The van der Waals surface area contributed by atoms with Gasteiger partial charge in [-0.2, -0.15) is 5.10 Å². The van der Waals surface area contributed by atoms with E-state index in [1.54, 1.807) is 0 Å². The maximum Gasteiger partial charge on any atom is 0.0540 e. The van der Waals surface area contributed by atoms with Crippen molar-refractivity contribution >= 4 is 0 Å². The summed E-state index contributed by atoms with van der Waals surface area (Å²) in [6.07, 6.45) is 12.8. The predicted molar refractivity (Wildman–Crippen MR) is 82.4 cm³/mol. The van der Waals surface area contributed by atoms with E-state index < -0.39 is 0 Å². The van der Waals surface area contributed by atoms with Crippen molar-refractivity contribution in [3.8, 4) is 0 Å². The second-order valence-electron chi connectivity index (χ2n) is 5.56. The molecule has 0 amide bonds. The quantitative estimate of drug-likeness (QED) is 0.645. The average molecular weight is 265 g/mol. The van der Waals surface area contributed by atoms with Gasteiger partial charge in [-0.25, -0.2) is 0 Å². The minimum Gasteiger partial charge on any atom is -0.313 e. The lowest BCUT2D eigenvalue weighted by molar-refractivity contribution is 0.494. The SMILES string of the molecule is CCCCCCCCCC(NC)c1cnn(C)c1C. The first kappa shape index (κ1) is 16.2. The van der Waals surface area contributed by atoms with Crippen molar-refractivity contribution in [2.24, 2.45) is 7.05 Å². The molecule has 0 saturated carbocycles. The zero-order chi connectivity index (χ0) is 14.1. The van der Waals surface area contributed by atoms with Crippen LogP contribution < -0.4 is 5.32 Å². The Morgan fingerprint density at radius 1 is 1.16 bits per heavy atom. The number of unbranched alkanes of at least 4 members (excludes halogenated alkanes) is 6. The Balaban J connectivity index is 2.24. The third-order valence-corrected chi connectivity index (χ3v) is 4.09. The molecule has 1 rings (SSSR count). The first-order valence-electron chi connectivity index (χ1n) is 7.86. The van der Waals surface area contributed by atoms with Gasteiger partial charge in [-0.15, -0.1) is 0 Å². The van der Waals surface area contributed by atoms with Crippen molar-refractivity contribution in [1.82, 2.24) is 15.1 Å². The molecule has 0 aliphatic heterocycles. The Morgan fingerprint density at radius 3 is 2.32 bits per heavy atom. The normalized spacial score (nSPS) is 12.8. The van der Waals surface area contributed by atoms with Crippen molar-refractivity contribution in [1.29, 1.82) is 0 Å². The van der Waals surface area contributed by atoms with Crippen LogP contribution >= 0.6 is 0 Å². The van der Waals surface area contributed by atoms with Gasteiger partial charge in [-0.05, 0) is 20.4 Å². The lowest BCUT2D eigenvalue weighted by Gasteiger charge is -2.15. The Bertz CT molecular complexity index is 344. The summed E-state index contributed by atoms with van der Waals surface area (Å²) < 4.78 is 1.96. The number of hydrogen-bond acceptors (Lipinski definition) is 2. The number of hydrogen-bond donors (Lipinski definition) is 1. The lowest BCUT2D eigenvalue weighted by atomic mass is 10.0. The van der Waals surface area contributed by atoms with Crippen LogP contribution in [0.5, 0.6) is 0 Å². The fourth-order valence-electron chi connectivity index (χ4n) is 2.62. The number of aromatic nitrogens is 2. The molecule has 3 heteroatoms. The van der Waals surface area contributed by atoms with Crippen LogP contribution in [0.15, 0.2) is 6.20 Å². The van der Waals surface area contributed by atoms with Crippen molar-refractivity contribution in [3.05, 3.63) is 17.5 Å². The summed E-state index contributed by atoms with van der Waals surface area (Å²) in [5.74, 6) is 0. The van der Waals surface area contributed by atoms with Crippen LogP contribution in [0.1, 0.15) is 75.6 Å². The van der Waals surface area contributed by atoms with Crippen LogP contribution in [0, 0.1) is 6.92 Å². The third kappa shape index (κ3) is 5.35. The molecule has 1 aromatic heterocycles. The van der Waals surface area contributed by atoms with Gasteiger partial charge < -0.3 is 5.32 Å². The fraction of sp³-hybridized carbons (Fsp3) is 0.812. The summed E-state index contributed by atoms with van der Waals surface area (Å²) in [6.45, 7) is 4.42. The number of nitrogens with zero attached hydrogens (tertiary/aromatic N) is 2. The maximum atomic E-state index is 4.34. The lowest BCUT2D eigenvalue weighted by Crippen LogP contribution is -2.17. The molecular weight excluding hydrogens is 234 g/mol. The summed E-state index contributed by atoms with van der Waals surface area (Å²) in [5.41, 5.74) is 2.64. The van der Waals surface area contributed by atoms with Crippen LogP contribution in [-0.4, -0.2) is 16.8 Å². The van der Waals surface area contributed by atoms with Crippen LogP contribution in [0.2, 0.25) is 0 Å². The summed E-state index contributed by atoms with van der Waals surface area (Å²) in [4.78, 5) is 0. The molecule has 3 nitrogen and oxygen atoms in total. The Kier molecular flexibility index (Phi) is 7.80. The van der Waals surface area contributed by atoms with E-state index in [9.17, 15) is 0 Å². The second kappa shape index (κ2) is 9.13. The van der Waals surface area contributed by atoms with Gasteiger partial charge in [-0.3, -0.25) is 4.68 Å². The minimum absolute atomic E-state index is 0.462. The van der Waals surface area contributed by atoms with Crippen molar-refractivity contribution in [3.63, 3.8) is 0 Å². The summed E-state index contributed by atoms with van der Waals surface area (Å²) in [6, 6.07) is 0.462. The van der Waals surface area contributed by atoms with Crippen LogP contribution in [-0.2, 0) is 7.05 Å². The molecule has 1 heterocycles. The van der Waals surface area contributed by atoms with Gasteiger partial charge in [-0.1, -0.05) is 51.9 Å². The highest BCUT2D eigenvalue weighted by molar-refractivity contribution is 5.20. The molecule has 0 spiro atoms. The minimum atomic E-state index is 0.462. The monoisotopic (exact) mass is 265 g/mol. The smallest absolute Gasteiger partial charge is 0.0540 e. The highest BCUT2D eigenvalue weighted by atomic mass is 15.3. The zero-order valence-electron chi connectivity index (χ0n) is 13.2. The molecule has 0 aliphatic rings. The Hall–Kier alpha value is -0.830. The van der Waals surface area contributed by atoms with Crippen LogP contribution in [0.25, 0.3) is 0 Å². The van der Waals surface area contributed by atoms with E-state index in [4.69, 9.17) is 0 Å². The van der Waals surface area contributed by atoms with Gasteiger partial charge in [0.25, 0.3) is 0 Å². The van der Waals surface area contributed by atoms with Gasteiger partial charge >= 0.3 is 0 Å².